The molecule has 0 saturated heterocycles. The number of anilines is 1. The number of nitrogens with zero attached hydrogens (tertiary/aromatic N) is 2. The Kier molecular flexibility index (Phi) is 4.59. The molecule has 0 spiro atoms. The summed E-state index contributed by atoms with van der Waals surface area (Å²) in [6.45, 7) is -0.557. The molecule has 0 aliphatic heterocycles. The van der Waals surface area contributed by atoms with E-state index in [1.165, 1.54) is 12.1 Å². The first-order valence-corrected chi connectivity index (χ1v) is 4.81. The number of nitrogens with one attached hydrogen (secondary N) is 1. The van der Waals surface area contributed by atoms with E-state index in [1.54, 1.807) is 6.07 Å². The predicted molar refractivity (Wildman–Crippen MR) is 59.9 cm³/mol. The fourth-order valence-electron chi connectivity index (χ4n) is 1.14. The molecule has 1 aromatic carbocycles. The van der Waals surface area contributed by atoms with Crippen LogP contribution in [-0.4, -0.2) is 29.3 Å². The zero-order valence-corrected chi connectivity index (χ0v) is 9.12. The average Bonchev–Trinajstić information content (AvgIpc) is 2.36. The van der Waals surface area contributed by atoms with Crippen LogP contribution in [0.1, 0.15) is 5.56 Å². The second-order valence-corrected chi connectivity index (χ2v) is 3.09. The van der Waals surface area contributed by atoms with Crippen LogP contribution in [0.2, 0.25) is 0 Å². The van der Waals surface area contributed by atoms with Crippen molar-refractivity contribution in [3.8, 4) is 6.07 Å². The van der Waals surface area contributed by atoms with E-state index in [1.807, 2.05) is 0 Å². The van der Waals surface area contributed by atoms with Crippen molar-refractivity contribution in [2.45, 2.75) is 0 Å². The van der Waals surface area contributed by atoms with E-state index in [0.717, 1.165) is 6.07 Å². The number of ether oxygens (including phenoxy) is 1. The van der Waals surface area contributed by atoms with Crippen LogP contribution < -0.4 is 5.32 Å². The van der Waals surface area contributed by atoms with Gasteiger partial charge in [0.25, 0.3) is 5.69 Å². The molecule has 0 atom stereocenters. The molecule has 0 unspecified atom stereocenters. The van der Waals surface area contributed by atoms with Crippen molar-refractivity contribution in [1.82, 2.24) is 0 Å². The van der Waals surface area contributed by atoms with E-state index in [0.29, 0.717) is 0 Å². The molecule has 1 amide bonds. The normalized spacial score (nSPS) is 9.33. The largest absolute Gasteiger partial charge is 0.447 e. The Bertz CT molecular complexity index is 509. The third-order valence-corrected chi connectivity index (χ3v) is 1.88. The Balaban J connectivity index is 2.92. The summed E-state index contributed by atoms with van der Waals surface area (Å²) in [6.07, 6.45) is -0.920. The lowest BCUT2D eigenvalue weighted by atomic mass is 10.2. The number of aliphatic hydroxyl groups excluding tert-OH is 1. The SMILES string of the molecule is N#Cc1ccc(NC(=O)OCCO)c([N+](=O)[O-])c1. The van der Waals surface area contributed by atoms with Crippen LogP contribution in [0.15, 0.2) is 18.2 Å². The number of carbonyl (C=O) groups is 1. The first-order chi connectivity index (χ1) is 8.58. The Hall–Kier alpha value is -2.66. The molecular weight excluding hydrogens is 242 g/mol. The Morgan fingerprint density at radius 3 is 2.89 bits per heavy atom. The number of nitriles is 1. The summed E-state index contributed by atoms with van der Waals surface area (Å²) in [5.74, 6) is 0. The fraction of sp³-hybridized carbons (Fsp3) is 0.200. The quantitative estimate of drug-likeness (QED) is 0.607. The second kappa shape index (κ2) is 6.17. The minimum absolute atomic E-state index is 0.0815. The van der Waals surface area contributed by atoms with Gasteiger partial charge >= 0.3 is 6.09 Å². The first-order valence-electron chi connectivity index (χ1n) is 4.81. The molecule has 0 saturated carbocycles. The molecule has 0 heterocycles. The van der Waals surface area contributed by atoms with Crippen molar-refractivity contribution in [1.29, 1.82) is 5.26 Å². The standard InChI is InChI=1S/C10H9N3O5/c11-6-7-1-2-8(9(5-7)13(16)17)12-10(15)18-4-3-14/h1-2,5,14H,3-4H2,(H,12,15). The van der Waals surface area contributed by atoms with Crippen molar-refractivity contribution in [2.24, 2.45) is 0 Å². The van der Waals surface area contributed by atoms with Crippen molar-refractivity contribution < 1.29 is 19.6 Å². The number of aliphatic hydroxyl groups is 1. The lowest BCUT2D eigenvalue weighted by Gasteiger charge is -2.06. The second-order valence-electron chi connectivity index (χ2n) is 3.09. The van der Waals surface area contributed by atoms with Crippen molar-refractivity contribution in [3.05, 3.63) is 33.9 Å². The maximum absolute atomic E-state index is 11.2. The molecule has 0 aliphatic rings. The lowest BCUT2D eigenvalue weighted by Crippen LogP contribution is -2.16. The minimum Gasteiger partial charge on any atom is -0.447 e. The highest BCUT2D eigenvalue weighted by molar-refractivity contribution is 5.88. The number of rotatable bonds is 4. The number of carbonyl (C=O) groups excluding carboxylic acids is 1. The van der Waals surface area contributed by atoms with Gasteiger partial charge in [-0.25, -0.2) is 4.79 Å². The zero-order valence-electron chi connectivity index (χ0n) is 9.12. The van der Waals surface area contributed by atoms with E-state index in [2.05, 4.69) is 10.1 Å². The van der Waals surface area contributed by atoms with Gasteiger partial charge in [-0.15, -0.1) is 0 Å². The molecule has 2 N–H and O–H groups in total. The molecule has 0 aromatic heterocycles. The Labute approximate surface area is 102 Å². The maximum Gasteiger partial charge on any atom is 0.411 e. The number of amides is 1. The van der Waals surface area contributed by atoms with Gasteiger partial charge in [0.1, 0.15) is 12.3 Å². The molecule has 94 valence electrons. The highest BCUT2D eigenvalue weighted by Crippen LogP contribution is 2.25. The molecule has 8 nitrogen and oxygen atoms in total. The van der Waals surface area contributed by atoms with Gasteiger partial charge in [0.05, 0.1) is 23.2 Å². The van der Waals surface area contributed by atoms with Crippen LogP contribution in [-0.2, 0) is 4.74 Å². The van der Waals surface area contributed by atoms with Gasteiger partial charge in [0.15, 0.2) is 0 Å². The monoisotopic (exact) mass is 251 g/mol. The number of benzene rings is 1. The molecule has 8 heteroatoms. The van der Waals surface area contributed by atoms with Gasteiger partial charge in [-0.2, -0.15) is 5.26 Å². The average molecular weight is 251 g/mol. The molecule has 0 radical (unpaired) electrons. The maximum atomic E-state index is 11.2. The summed E-state index contributed by atoms with van der Waals surface area (Å²) in [5, 5.41) is 30.0. The van der Waals surface area contributed by atoms with Crippen LogP contribution in [0.5, 0.6) is 0 Å². The lowest BCUT2D eigenvalue weighted by molar-refractivity contribution is -0.383. The third kappa shape index (κ3) is 3.43. The van der Waals surface area contributed by atoms with E-state index >= 15 is 0 Å². The van der Waals surface area contributed by atoms with E-state index in [9.17, 15) is 14.9 Å². The summed E-state index contributed by atoms with van der Waals surface area (Å²) in [5.41, 5.74) is -0.382. The van der Waals surface area contributed by atoms with E-state index in [4.69, 9.17) is 10.4 Å². The smallest absolute Gasteiger partial charge is 0.411 e. The summed E-state index contributed by atoms with van der Waals surface area (Å²) in [4.78, 5) is 21.2. The van der Waals surface area contributed by atoms with Crippen molar-refractivity contribution in [3.63, 3.8) is 0 Å². The van der Waals surface area contributed by atoms with Gasteiger partial charge in [-0.05, 0) is 12.1 Å². The van der Waals surface area contributed by atoms with E-state index < -0.39 is 16.7 Å². The van der Waals surface area contributed by atoms with Crippen molar-refractivity contribution in [2.75, 3.05) is 18.5 Å². The molecule has 0 bridgehead atoms. The third-order valence-electron chi connectivity index (χ3n) is 1.88. The zero-order chi connectivity index (χ0) is 13.5. The highest BCUT2D eigenvalue weighted by atomic mass is 16.6. The van der Waals surface area contributed by atoms with Gasteiger partial charge in [0, 0.05) is 6.07 Å². The molecule has 1 rings (SSSR count). The minimum atomic E-state index is -0.920. The highest BCUT2D eigenvalue weighted by Gasteiger charge is 2.17. The summed E-state index contributed by atoms with van der Waals surface area (Å²) >= 11 is 0. The number of hydrogen-bond donors (Lipinski definition) is 2. The molecule has 0 fully saturated rings. The van der Waals surface area contributed by atoms with Gasteiger partial charge in [-0.1, -0.05) is 0 Å². The molecule has 1 aromatic rings. The summed E-state index contributed by atoms with van der Waals surface area (Å²) < 4.78 is 4.50. The van der Waals surface area contributed by atoms with Crippen LogP contribution in [0.4, 0.5) is 16.2 Å². The summed E-state index contributed by atoms with van der Waals surface area (Å²) in [6, 6.07) is 5.36. The van der Waals surface area contributed by atoms with Crippen LogP contribution in [0.3, 0.4) is 0 Å². The first kappa shape index (κ1) is 13.4. The number of hydrogen-bond acceptors (Lipinski definition) is 6. The Morgan fingerprint density at radius 2 is 2.33 bits per heavy atom. The molecule has 18 heavy (non-hydrogen) atoms. The Morgan fingerprint density at radius 1 is 1.61 bits per heavy atom. The fourth-order valence-corrected chi connectivity index (χ4v) is 1.14. The van der Waals surface area contributed by atoms with Gasteiger partial charge < -0.3 is 9.84 Å². The summed E-state index contributed by atoms with van der Waals surface area (Å²) in [7, 11) is 0. The van der Waals surface area contributed by atoms with Crippen LogP contribution in [0, 0.1) is 21.4 Å². The van der Waals surface area contributed by atoms with Gasteiger partial charge in [0.2, 0.25) is 0 Å². The van der Waals surface area contributed by atoms with Gasteiger partial charge in [-0.3, -0.25) is 15.4 Å². The van der Waals surface area contributed by atoms with Crippen LogP contribution in [0.25, 0.3) is 0 Å². The number of nitro groups is 1. The van der Waals surface area contributed by atoms with E-state index in [-0.39, 0.29) is 24.5 Å². The molecular formula is C10H9N3O5. The number of nitro benzene ring substituents is 1. The van der Waals surface area contributed by atoms with Crippen LogP contribution >= 0.6 is 0 Å². The predicted octanol–water partition coefficient (Wildman–Crippen LogP) is 1.01. The molecule has 0 aliphatic carbocycles. The topological polar surface area (TPSA) is 125 Å². The van der Waals surface area contributed by atoms with Crippen molar-refractivity contribution >= 4 is 17.5 Å².